The number of nitrogens with one attached hydrogen (secondary N) is 1. The average molecular weight is 312 g/mol. The molecule has 22 heavy (non-hydrogen) atoms. The molecule has 1 heterocycles. The molecule has 0 spiro atoms. The topological polar surface area (TPSA) is 75.7 Å². The van der Waals surface area contributed by atoms with Gasteiger partial charge in [0.2, 0.25) is 17.7 Å². The average Bonchev–Trinajstić information content (AvgIpc) is 2.71. The number of nitrogens with zero attached hydrogens (tertiary/aromatic N) is 1. The van der Waals surface area contributed by atoms with Crippen molar-refractivity contribution in [2.45, 2.75) is 47.0 Å². The quantitative estimate of drug-likeness (QED) is 0.542. The van der Waals surface area contributed by atoms with E-state index in [9.17, 15) is 14.4 Å². The summed E-state index contributed by atoms with van der Waals surface area (Å²) in [7, 11) is 0. The molecule has 0 aromatic heterocycles. The zero-order valence-corrected chi connectivity index (χ0v) is 14.1. The van der Waals surface area contributed by atoms with Crippen molar-refractivity contribution in [3.05, 3.63) is 0 Å². The summed E-state index contributed by atoms with van der Waals surface area (Å²) in [5.74, 6) is -0.786. The van der Waals surface area contributed by atoms with E-state index in [-0.39, 0.29) is 48.4 Å². The van der Waals surface area contributed by atoms with E-state index in [1.54, 1.807) is 0 Å². The number of rotatable bonds is 8. The van der Waals surface area contributed by atoms with Crippen LogP contribution in [0.15, 0.2) is 0 Å². The molecule has 1 N–H and O–H groups in total. The maximum absolute atomic E-state index is 12.3. The van der Waals surface area contributed by atoms with Crippen molar-refractivity contribution in [2.75, 3.05) is 26.3 Å². The van der Waals surface area contributed by atoms with Gasteiger partial charge in [0.1, 0.15) is 0 Å². The van der Waals surface area contributed by atoms with E-state index in [0.717, 1.165) is 6.42 Å². The van der Waals surface area contributed by atoms with Crippen LogP contribution in [0.1, 0.15) is 47.0 Å². The highest BCUT2D eigenvalue weighted by atomic mass is 16.5. The summed E-state index contributed by atoms with van der Waals surface area (Å²) in [6.45, 7) is 9.65. The fourth-order valence-electron chi connectivity index (χ4n) is 2.41. The minimum atomic E-state index is -0.287. The highest BCUT2D eigenvalue weighted by molar-refractivity contribution is 6.04. The van der Waals surface area contributed by atoms with Crippen molar-refractivity contribution in [2.24, 2.45) is 11.3 Å². The summed E-state index contributed by atoms with van der Waals surface area (Å²) in [6.07, 6.45) is 1.33. The van der Waals surface area contributed by atoms with E-state index in [4.69, 9.17) is 4.74 Å². The van der Waals surface area contributed by atoms with E-state index in [1.807, 2.05) is 27.7 Å². The van der Waals surface area contributed by atoms with Gasteiger partial charge in [-0.2, -0.15) is 0 Å². The minimum absolute atomic E-state index is 0.141. The molecule has 1 unspecified atom stereocenters. The Hall–Kier alpha value is -1.43. The summed E-state index contributed by atoms with van der Waals surface area (Å²) < 4.78 is 5.26. The molecule has 6 heteroatoms. The summed E-state index contributed by atoms with van der Waals surface area (Å²) in [4.78, 5) is 37.1. The third-order valence-electron chi connectivity index (χ3n) is 3.77. The van der Waals surface area contributed by atoms with Crippen LogP contribution in [0.25, 0.3) is 0 Å². The number of imide groups is 1. The lowest BCUT2D eigenvalue weighted by atomic mass is 9.80. The first-order valence-corrected chi connectivity index (χ1v) is 7.96. The number of carbonyl (C=O) groups excluding carboxylic acids is 3. The third-order valence-corrected chi connectivity index (χ3v) is 3.77. The van der Waals surface area contributed by atoms with Gasteiger partial charge in [0.15, 0.2) is 0 Å². The van der Waals surface area contributed by atoms with Gasteiger partial charge in [-0.3, -0.25) is 19.3 Å². The van der Waals surface area contributed by atoms with E-state index >= 15 is 0 Å². The van der Waals surface area contributed by atoms with Crippen LogP contribution in [0.2, 0.25) is 0 Å². The summed E-state index contributed by atoms with van der Waals surface area (Å²) >= 11 is 0. The Morgan fingerprint density at radius 1 is 1.32 bits per heavy atom. The van der Waals surface area contributed by atoms with Crippen molar-refractivity contribution >= 4 is 17.7 Å². The molecule has 3 amide bonds. The van der Waals surface area contributed by atoms with Crippen LogP contribution >= 0.6 is 0 Å². The second-order valence-corrected chi connectivity index (χ2v) is 6.72. The second-order valence-electron chi connectivity index (χ2n) is 6.72. The first-order chi connectivity index (χ1) is 10.3. The first kappa shape index (κ1) is 18.6. The minimum Gasteiger partial charge on any atom is -0.380 e. The van der Waals surface area contributed by atoms with Gasteiger partial charge >= 0.3 is 0 Å². The maximum Gasteiger partial charge on any atom is 0.233 e. The van der Waals surface area contributed by atoms with Crippen LogP contribution in [-0.4, -0.2) is 48.9 Å². The molecular weight excluding hydrogens is 284 g/mol. The Labute approximate surface area is 132 Å². The molecule has 1 saturated heterocycles. The van der Waals surface area contributed by atoms with Crippen molar-refractivity contribution in [3.8, 4) is 0 Å². The SMILES string of the molecule is CCCOCCNC(=O)CCN1C(=O)CC(C(C)(C)C)C1=O. The molecule has 0 bridgehead atoms. The zero-order chi connectivity index (χ0) is 16.8. The second kappa shape index (κ2) is 8.27. The Morgan fingerprint density at radius 3 is 2.55 bits per heavy atom. The lowest BCUT2D eigenvalue weighted by Gasteiger charge is -2.24. The molecule has 6 nitrogen and oxygen atoms in total. The van der Waals surface area contributed by atoms with Gasteiger partial charge in [0, 0.05) is 32.5 Å². The van der Waals surface area contributed by atoms with E-state index in [0.29, 0.717) is 19.8 Å². The largest absolute Gasteiger partial charge is 0.380 e. The molecule has 0 aliphatic carbocycles. The fraction of sp³-hybridized carbons (Fsp3) is 0.812. The van der Waals surface area contributed by atoms with Gasteiger partial charge in [0.05, 0.1) is 12.5 Å². The molecule has 0 aromatic carbocycles. The van der Waals surface area contributed by atoms with Gasteiger partial charge < -0.3 is 10.1 Å². The maximum atomic E-state index is 12.3. The fourth-order valence-corrected chi connectivity index (χ4v) is 2.41. The first-order valence-electron chi connectivity index (χ1n) is 7.96. The molecule has 0 aromatic rings. The van der Waals surface area contributed by atoms with E-state index in [2.05, 4.69) is 5.32 Å². The van der Waals surface area contributed by atoms with Crippen molar-refractivity contribution in [3.63, 3.8) is 0 Å². The highest BCUT2D eigenvalue weighted by Gasteiger charge is 2.44. The van der Waals surface area contributed by atoms with Crippen LogP contribution < -0.4 is 5.32 Å². The number of carbonyl (C=O) groups is 3. The van der Waals surface area contributed by atoms with Gasteiger partial charge in [-0.05, 0) is 11.8 Å². The number of amides is 3. The summed E-state index contributed by atoms with van der Waals surface area (Å²) in [5, 5.41) is 2.72. The lowest BCUT2D eigenvalue weighted by molar-refractivity contribution is -0.140. The molecule has 1 atom stereocenters. The monoisotopic (exact) mass is 312 g/mol. The van der Waals surface area contributed by atoms with Crippen LogP contribution in [0.3, 0.4) is 0 Å². The Bertz CT molecular complexity index is 415. The molecule has 1 rings (SSSR count). The van der Waals surface area contributed by atoms with E-state index in [1.165, 1.54) is 4.90 Å². The summed E-state index contributed by atoms with van der Waals surface area (Å²) in [5.41, 5.74) is -0.236. The van der Waals surface area contributed by atoms with E-state index < -0.39 is 0 Å². The molecule has 1 fully saturated rings. The summed E-state index contributed by atoms with van der Waals surface area (Å²) in [6, 6.07) is 0. The number of hydrogen-bond donors (Lipinski definition) is 1. The predicted molar refractivity (Wildman–Crippen MR) is 83.0 cm³/mol. The Balaban J connectivity index is 2.34. The van der Waals surface area contributed by atoms with Crippen LogP contribution in [0.4, 0.5) is 0 Å². The van der Waals surface area contributed by atoms with Crippen molar-refractivity contribution in [1.29, 1.82) is 0 Å². The number of hydrogen-bond acceptors (Lipinski definition) is 4. The van der Waals surface area contributed by atoms with Gasteiger partial charge in [-0.15, -0.1) is 0 Å². The molecule has 0 radical (unpaired) electrons. The molecular formula is C16H28N2O4. The van der Waals surface area contributed by atoms with Crippen LogP contribution in [-0.2, 0) is 19.1 Å². The molecule has 1 aliphatic rings. The van der Waals surface area contributed by atoms with Gasteiger partial charge in [-0.1, -0.05) is 27.7 Å². The number of ether oxygens (including phenoxy) is 1. The van der Waals surface area contributed by atoms with Crippen molar-refractivity contribution < 1.29 is 19.1 Å². The van der Waals surface area contributed by atoms with Gasteiger partial charge in [0.25, 0.3) is 0 Å². The van der Waals surface area contributed by atoms with Crippen LogP contribution in [0, 0.1) is 11.3 Å². The molecule has 0 saturated carbocycles. The Morgan fingerprint density at radius 2 is 2.00 bits per heavy atom. The smallest absolute Gasteiger partial charge is 0.233 e. The Kier molecular flexibility index (Phi) is 7.00. The van der Waals surface area contributed by atoms with Gasteiger partial charge in [-0.25, -0.2) is 0 Å². The van der Waals surface area contributed by atoms with Crippen molar-refractivity contribution in [1.82, 2.24) is 10.2 Å². The zero-order valence-electron chi connectivity index (χ0n) is 14.1. The standard InChI is InChI=1S/C16H28N2O4/c1-5-9-22-10-7-17-13(19)6-8-18-14(20)11-12(15(18)21)16(2,3)4/h12H,5-11H2,1-4H3,(H,17,19). The molecule has 126 valence electrons. The predicted octanol–water partition coefficient (Wildman–Crippen LogP) is 1.34. The normalized spacial score (nSPS) is 18.9. The third kappa shape index (κ3) is 5.40. The number of likely N-dealkylation sites (tertiary alicyclic amines) is 1. The highest BCUT2D eigenvalue weighted by Crippen LogP contribution is 2.35. The van der Waals surface area contributed by atoms with Crippen LogP contribution in [0.5, 0.6) is 0 Å². The molecule has 1 aliphatic heterocycles. The lowest BCUT2D eigenvalue weighted by Crippen LogP contribution is -2.37.